The van der Waals surface area contributed by atoms with Crippen LogP contribution in [0.4, 0.5) is 0 Å². The van der Waals surface area contributed by atoms with Crippen LogP contribution in [0.1, 0.15) is 34.5 Å². The van der Waals surface area contributed by atoms with Crippen molar-refractivity contribution in [3.8, 4) is 23.0 Å². The molecule has 0 aliphatic carbocycles. The second-order valence-corrected chi connectivity index (χ2v) is 7.66. The van der Waals surface area contributed by atoms with Gasteiger partial charge in [-0.2, -0.15) is 0 Å². The zero-order valence-corrected chi connectivity index (χ0v) is 17.7. The summed E-state index contributed by atoms with van der Waals surface area (Å²) >= 11 is 0. The Hall–Kier alpha value is -4.22. The molecular formula is C28H24O5. The number of hydrogen-bond donors (Lipinski definition) is 4. The van der Waals surface area contributed by atoms with Crippen LogP contribution in [0.15, 0.2) is 97.1 Å². The van der Waals surface area contributed by atoms with Gasteiger partial charge in [-0.15, -0.1) is 0 Å². The maximum Gasteiger partial charge on any atom is 0.154 e. The standard InChI is InChI=1S/C28H24O5/c29-23-11-3-19(4-12-23)1-2-20-5-17-26(18-6-20)33-28(22-9-15-25(31)16-10-22)27(32)21-7-13-24(30)14-8-21/h1-18,27-32H/b2-1+. The maximum atomic E-state index is 11.0. The fourth-order valence-electron chi connectivity index (χ4n) is 3.41. The summed E-state index contributed by atoms with van der Waals surface area (Å²) in [4.78, 5) is 0. The third kappa shape index (κ3) is 5.73. The average Bonchev–Trinajstić information content (AvgIpc) is 2.84. The molecule has 0 heterocycles. The number of aliphatic hydroxyl groups excluding tert-OH is 1. The maximum absolute atomic E-state index is 11.0. The Morgan fingerprint density at radius 3 is 1.39 bits per heavy atom. The average molecular weight is 440 g/mol. The predicted molar refractivity (Wildman–Crippen MR) is 128 cm³/mol. The van der Waals surface area contributed by atoms with Crippen LogP contribution in [0.25, 0.3) is 12.2 Å². The van der Waals surface area contributed by atoms with Gasteiger partial charge in [0.05, 0.1) is 0 Å². The van der Waals surface area contributed by atoms with Crippen molar-refractivity contribution >= 4 is 12.2 Å². The molecule has 0 fully saturated rings. The molecule has 0 amide bonds. The first-order valence-corrected chi connectivity index (χ1v) is 10.5. The Kier molecular flexibility index (Phi) is 6.62. The van der Waals surface area contributed by atoms with Gasteiger partial charge in [-0.25, -0.2) is 0 Å². The molecule has 0 saturated carbocycles. The van der Waals surface area contributed by atoms with Gasteiger partial charge in [0, 0.05) is 0 Å². The molecule has 33 heavy (non-hydrogen) atoms. The van der Waals surface area contributed by atoms with Crippen LogP contribution in [0, 0.1) is 0 Å². The fourth-order valence-corrected chi connectivity index (χ4v) is 3.41. The number of hydrogen-bond acceptors (Lipinski definition) is 5. The third-order valence-electron chi connectivity index (χ3n) is 5.25. The van der Waals surface area contributed by atoms with Crippen molar-refractivity contribution in [2.24, 2.45) is 0 Å². The van der Waals surface area contributed by atoms with Gasteiger partial charge in [0.15, 0.2) is 6.10 Å². The van der Waals surface area contributed by atoms with Gasteiger partial charge in [0.1, 0.15) is 29.1 Å². The van der Waals surface area contributed by atoms with Crippen molar-refractivity contribution in [2.45, 2.75) is 12.2 Å². The normalized spacial score (nSPS) is 13.0. The first kappa shape index (κ1) is 22.0. The lowest BCUT2D eigenvalue weighted by Gasteiger charge is -2.25. The number of phenols is 3. The molecule has 0 saturated heterocycles. The van der Waals surface area contributed by atoms with Crippen molar-refractivity contribution < 1.29 is 25.2 Å². The molecule has 4 aromatic rings. The van der Waals surface area contributed by atoms with Gasteiger partial charge >= 0.3 is 0 Å². The smallest absolute Gasteiger partial charge is 0.154 e. The minimum Gasteiger partial charge on any atom is -0.508 e. The molecule has 4 aromatic carbocycles. The Balaban J connectivity index is 1.54. The van der Waals surface area contributed by atoms with Gasteiger partial charge in [-0.3, -0.25) is 0 Å². The molecule has 0 aromatic heterocycles. The van der Waals surface area contributed by atoms with Gasteiger partial charge in [-0.1, -0.05) is 60.7 Å². The van der Waals surface area contributed by atoms with Crippen molar-refractivity contribution in [2.75, 3.05) is 0 Å². The Labute approximate surface area is 192 Å². The Morgan fingerprint density at radius 2 is 0.909 bits per heavy atom. The number of phenolic OH excluding ortho intramolecular Hbond substituents is 3. The van der Waals surface area contributed by atoms with E-state index >= 15 is 0 Å². The highest BCUT2D eigenvalue weighted by atomic mass is 16.5. The van der Waals surface area contributed by atoms with E-state index in [1.54, 1.807) is 48.5 Å². The van der Waals surface area contributed by atoms with Crippen LogP contribution in [-0.4, -0.2) is 20.4 Å². The second kappa shape index (κ2) is 9.94. The van der Waals surface area contributed by atoms with Crippen LogP contribution in [-0.2, 0) is 0 Å². The molecule has 5 heteroatoms. The predicted octanol–water partition coefficient (Wildman–Crippen LogP) is 5.83. The molecular weight excluding hydrogens is 416 g/mol. The van der Waals surface area contributed by atoms with E-state index in [0.717, 1.165) is 11.1 Å². The molecule has 2 unspecified atom stereocenters. The quantitative estimate of drug-likeness (QED) is 0.272. The number of ether oxygens (including phenoxy) is 1. The summed E-state index contributed by atoms with van der Waals surface area (Å²) in [6.07, 6.45) is 2.18. The lowest BCUT2D eigenvalue weighted by Crippen LogP contribution is -2.17. The summed E-state index contributed by atoms with van der Waals surface area (Å²) in [5.74, 6) is 1.05. The van der Waals surface area contributed by atoms with E-state index in [0.29, 0.717) is 16.9 Å². The first-order valence-electron chi connectivity index (χ1n) is 10.5. The molecule has 166 valence electrons. The highest BCUT2D eigenvalue weighted by molar-refractivity contribution is 5.70. The van der Waals surface area contributed by atoms with Crippen molar-refractivity contribution in [1.82, 2.24) is 0 Å². The van der Waals surface area contributed by atoms with E-state index in [1.807, 2.05) is 48.6 Å². The zero-order valence-electron chi connectivity index (χ0n) is 17.7. The van der Waals surface area contributed by atoms with E-state index in [1.165, 1.54) is 12.1 Å². The highest BCUT2D eigenvalue weighted by Gasteiger charge is 2.25. The molecule has 0 bridgehead atoms. The molecule has 4 N–H and O–H groups in total. The summed E-state index contributed by atoms with van der Waals surface area (Å²) in [5, 5.41) is 39.6. The molecule has 2 atom stereocenters. The minimum atomic E-state index is -0.996. The van der Waals surface area contributed by atoms with E-state index in [-0.39, 0.29) is 17.2 Å². The van der Waals surface area contributed by atoms with E-state index in [9.17, 15) is 20.4 Å². The number of aromatic hydroxyl groups is 3. The van der Waals surface area contributed by atoms with Crippen LogP contribution in [0.3, 0.4) is 0 Å². The van der Waals surface area contributed by atoms with Crippen molar-refractivity contribution in [1.29, 1.82) is 0 Å². The van der Waals surface area contributed by atoms with E-state index in [4.69, 9.17) is 4.74 Å². The summed E-state index contributed by atoms with van der Waals surface area (Å²) in [6, 6.07) is 27.2. The van der Waals surface area contributed by atoms with Crippen LogP contribution < -0.4 is 4.74 Å². The lowest BCUT2D eigenvalue weighted by atomic mass is 9.98. The van der Waals surface area contributed by atoms with Crippen LogP contribution in [0.2, 0.25) is 0 Å². The van der Waals surface area contributed by atoms with Gasteiger partial charge < -0.3 is 25.2 Å². The van der Waals surface area contributed by atoms with Crippen LogP contribution in [0.5, 0.6) is 23.0 Å². The molecule has 5 nitrogen and oxygen atoms in total. The summed E-state index contributed by atoms with van der Waals surface area (Å²) in [5.41, 5.74) is 3.23. The van der Waals surface area contributed by atoms with Gasteiger partial charge in [0.25, 0.3) is 0 Å². The van der Waals surface area contributed by atoms with E-state index in [2.05, 4.69) is 0 Å². The molecule has 4 rings (SSSR count). The highest BCUT2D eigenvalue weighted by Crippen LogP contribution is 2.35. The van der Waals surface area contributed by atoms with Crippen LogP contribution >= 0.6 is 0 Å². The van der Waals surface area contributed by atoms with E-state index < -0.39 is 12.2 Å². The summed E-state index contributed by atoms with van der Waals surface area (Å²) in [7, 11) is 0. The van der Waals surface area contributed by atoms with Crippen molar-refractivity contribution in [3.63, 3.8) is 0 Å². The molecule has 0 aliphatic rings. The summed E-state index contributed by atoms with van der Waals surface area (Å²) < 4.78 is 6.17. The number of rotatable bonds is 7. The molecule has 0 radical (unpaired) electrons. The lowest BCUT2D eigenvalue weighted by molar-refractivity contribution is 0.0343. The number of benzene rings is 4. The second-order valence-electron chi connectivity index (χ2n) is 7.66. The minimum absolute atomic E-state index is 0.115. The Bertz CT molecular complexity index is 1200. The molecule has 0 spiro atoms. The largest absolute Gasteiger partial charge is 0.508 e. The van der Waals surface area contributed by atoms with Gasteiger partial charge in [-0.05, 0) is 70.8 Å². The topological polar surface area (TPSA) is 90.2 Å². The zero-order chi connectivity index (χ0) is 23.2. The van der Waals surface area contributed by atoms with Crippen molar-refractivity contribution in [3.05, 3.63) is 119 Å². The molecule has 0 aliphatic heterocycles. The Morgan fingerprint density at radius 1 is 0.515 bits per heavy atom. The SMILES string of the molecule is Oc1ccc(/C=C/c2ccc(OC(c3ccc(O)cc3)C(O)c3ccc(O)cc3)cc2)cc1. The monoisotopic (exact) mass is 440 g/mol. The van der Waals surface area contributed by atoms with Gasteiger partial charge in [0.2, 0.25) is 0 Å². The first-order chi connectivity index (χ1) is 16.0. The number of aliphatic hydroxyl groups is 1. The third-order valence-corrected chi connectivity index (χ3v) is 5.25. The summed E-state index contributed by atoms with van der Waals surface area (Å²) in [6.45, 7) is 0. The fraction of sp³-hybridized carbons (Fsp3) is 0.0714.